The Kier molecular flexibility index (Phi) is 8.58. The standard InChI is InChI=1S/C29H33N5O4/c1-20(2)15-16-30-29(36)28(21-9-7-11-23(17-21)37-3)34(22-10-8-12-24(18-22)38-4)27(35)19-33-26-14-6-5-13-25(26)31-32-33/h5-14,17-18,20,28H,15-16,19H2,1-4H3,(H,30,36)/t28-/m0/s1. The van der Waals surface area contributed by atoms with Crippen LogP contribution in [0.2, 0.25) is 0 Å². The quantitative estimate of drug-likeness (QED) is 0.318. The summed E-state index contributed by atoms with van der Waals surface area (Å²) in [6, 6.07) is 20.8. The number of benzene rings is 3. The fourth-order valence-electron chi connectivity index (χ4n) is 4.25. The molecule has 0 saturated heterocycles. The van der Waals surface area contributed by atoms with Crippen molar-refractivity contribution in [3.05, 3.63) is 78.4 Å². The van der Waals surface area contributed by atoms with Gasteiger partial charge in [-0.2, -0.15) is 0 Å². The van der Waals surface area contributed by atoms with Crippen LogP contribution in [0.25, 0.3) is 11.0 Å². The lowest BCUT2D eigenvalue weighted by atomic mass is 10.0. The van der Waals surface area contributed by atoms with Crippen LogP contribution in [0.4, 0.5) is 5.69 Å². The normalized spacial score (nSPS) is 11.8. The number of ether oxygens (including phenoxy) is 2. The van der Waals surface area contributed by atoms with Crippen LogP contribution in [0.1, 0.15) is 31.9 Å². The first-order valence-corrected chi connectivity index (χ1v) is 12.6. The molecule has 1 aromatic heterocycles. The lowest BCUT2D eigenvalue weighted by Gasteiger charge is -2.32. The van der Waals surface area contributed by atoms with Gasteiger partial charge < -0.3 is 14.8 Å². The van der Waals surface area contributed by atoms with Gasteiger partial charge in [0, 0.05) is 18.3 Å². The van der Waals surface area contributed by atoms with Crippen LogP contribution in [-0.2, 0) is 16.1 Å². The summed E-state index contributed by atoms with van der Waals surface area (Å²) in [5, 5.41) is 11.4. The summed E-state index contributed by atoms with van der Waals surface area (Å²) in [4.78, 5) is 29.4. The second-order valence-corrected chi connectivity index (χ2v) is 9.35. The van der Waals surface area contributed by atoms with Gasteiger partial charge in [-0.15, -0.1) is 5.10 Å². The second kappa shape index (κ2) is 12.2. The van der Waals surface area contributed by atoms with Crippen LogP contribution < -0.4 is 19.7 Å². The number of carbonyl (C=O) groups is 2. The summed E-state index contributed by atoms with van der Waals surface area (Å²) in [5.41, 5.74) is 2.55. The third kappa shape index (κ3) is 6.11. The maximum Gasteiger partial charge on any atom is 0.249 e. The Bertz CT molecular complexity index is 1400. The Morgan fingerprint density at radius 2 is 1.66 bits per heavy atom. The van der Waals surface area contributed by atoms with Crippen LogP contribution in [-0.4, -0.2) is 47.6 Å². The number of hydrogen-bond acceptors (Lipinski definition) is 6. The fraction of sp³-hybridized carbons (Fsp3) is 0.310. The molecule has 3 aromatic carbocycles. The van der Waals surface area contributed by atoms with E-state index < -0.39 is 6.04 Å². The molecule has 0 unspecified atom stereocenters. The lowest BCUT2D eigenvalue weighted by Crippen LogP contribution is -2.45. The second-order valence-electron chi connectivity index (χ2n) is 9.35. The smallest absolute Gasteiger partial charge is 0.249 e. The molecule has 4 aromatic rings. The number of nitrogens with zero attached hydrogens (tertiary/aromatic N) is 4. The molecule has 1 heterocycles. The first kappa shape index (κ1) is 26.7. The van der Waals surface area contributed by atoms with E-state index in [2.05, 4.69) is 29.5 Å². The zero-order valence-electron chi connectivity index (χ0n) is 22.1. The molecule has 198 valence electrons. The van der Waals surface area contributed by atoms with Crippen LogP contribution in [0.5, 0.6) is 11.5 Å². The van der Waals surface area contributed by atoms with E-state index in [-0.39, 0.29) is 18.4 Å². The van der Waals surface area contributed by atoms with E-state index in [9.17, 15) is 9.59 Å². The molecule has 9 nitrogen and oxygen atoms in total. The molecule has 0 radical (unpaired) electrons. The molecule has 0 aliphatic heterocycles. The number of methoxy groups -OCH3 is 2. The first-order chi connectivity index (χ1) is 18.4. The summed E-state index contributed by atoms with van der Waals surface area (Å²) >= 11 is 0. The first-order valence-electron chi connectivity index (χ1n) is 12.6. The molecule has 0 saturated carbocycles. The molecular weight excluding hydrogens is 482 g/mol. The molecule has 0 bridgehead atoms. The molecule has 38 heavy (non-hydrogen) atoms. The van der Waals surface area contributed by atoms with Crippen molar-refractivity contribution in [2.45, 2.75) is 32.9 Å². The maximum atomic E-state index is 14.1. The van der Waals surface area contributed by atoms with Crippen LogP contribution >= 0.6 is 0 Å². The summed E-state index contributed by atoms with van der Waals surface area (Å²) in [7, 11) is 3.13. The third-order valence-electron chi connectivity index (χ3n) is 6.24. The number of nitrogens with one attached hydrogen (secondary N) is 1. The molecule has 1 N–H and O–H groups in total. The van der Waals surface area contributed by atoms with Crippen LogP contribution in [0.15, 0.2) is 72.8 Å². The van der Waals surface area contributed by atoms with E-state index in [0.717, 1.165) is 11.9 Å². The van der Waals surface area contributed by atoms with Crippen molar-refractivity contribution < 1.29 is 19.1 Å². The highest BCUT2D eigenvalue weighted by molar-refractivity contribution is 6.01. The minimum absolute atomic E-state index is 0.114. The van der Waals surface area contributed by atoms with Crippen molar-refractivity contribution in [2.24, 2.45) is 5.92 Å². The van der Waals surface area contributed by atoms with Gasteiger partial charge >= 0.3 is 0 Å². The van der Waals surface area contributed by atoms with Gasteiger partial charge in [-0.3, -0.25) is 14.5 Å². The van der Waals surface area contributed by atoms with E-state index in [1.165, 1.54) is 4.90 Å². The van der Waals surface area contributed by atoms with Gasteiger partial charge in [0.2, 0.25) is 11.8 Å². The summed E-state index contributed by atoms with van der Waals surface area (Å²) < 4.78 is 12.4. The van der Waals surface area contributed by atoms with Gasteiger partial charge in [-0.1, -0.05) is 49.4 Å². The molecule has 0 fully saturated rings. The highest BCUT2D eigenvalue weighted by Crippen LogP contribution is 2.32. The number of hydrogen-bond donors (Lipinski definition) is 1. The highest BCUT2D eigenvalue weighted by atomic mass is 16.5. The molecule has 0 aliphatic rings. The topological polar surface area (TPSA) is 98.6 Å². The van der Waals surface area contributed by atoms with E-state index >= 15 is 0 Å². The number of amides is 2. The van der Waals surface area contributed by atoms with Gasteiger partial charge in [-0.25, -0.2) is 4.68 Å². The Balaban J connectivity index is 1.80. The Labute approximate surface area is 222 Å². The number of para-hydroxylation sites is 1. The summed E-state index contributed by atoms with van der Waals surface area (Å²) in [6.07, 6.45) is 0.814. The van der Waals surface area contributed by atoms with Crippen molar-refractivity contribution in [2.75, 3.05) is 25.7 Å². The Morgan fingerprint density at radius 3 is 2.39 bits per heavy atom. The molecule has 1 atom stereocenters. The van der Waals surface area contributed by atoms with Crippen molar-refractivity contribution in [3.8, 4) is 11.5 Å². The molecule has 0 aliphatic carbocycles. The number of anilines is 1. The lowest BCUT2D eigenvalue weighted by molar-refractivity contribution is -0.127. The van der Waals surface area contributed by atoms with E-state index in [4.69, 9.17) is 9.47 Å². The van der Waals surface area contributed by atoms with E-state index in [1.807, 2.05) is 36.4 Å². The minimum atomic E-state index is -0.966. The van der Waals surface area contributed by atoms with Gasteiger partial charge in [0.1, 0.15) is 29.6 Å². The number of fused-ring (bicyclic) bond motifs is 1. The number of aromatic nitrogens is 3. The summed E-state index contributed by atoms with van der Waals surface area (Å²) in [6.45, 7) is 4.57. The molecular formula is C29H33N5O4. The monoisotopic (exact) mass is 515 g/mol. The molecule has 9 heteroatoms. The van der Waals surface area contributed by atoms with Crippen LogP contribution in [0, 0.1) is 5.92 Å². The predicted molar refractivity (Wildman–Crippen MR) is 146 cm³/mol. The van der Waals surface area contributed by atoms with E-state index in [0.29, 0.717) is 40.7 Å². The Morgan fingerprint density at radius 1 is 0.947 bits per heavy atom. The van der Waals surface area contributed by atoms with Crippen molar-refractivity contribution in [3.63, 3.8) is 0 Å². The van der Waals surface area contributed by atoms with Crippen molar-refractivity contribution in [1.29, 1.82) is 0 Å². The highest BCUT2D eigenvalue weighted by Gasteiger charge is 2.33. The van der Waals surface area contributed by atoms with Crippen LogP contribution in [0.3, 0.4) is 0 Å². The molecule has 0 spiro atoms. The maximum absolute atomic E-state index is 14.1. The van der Waals surface area contributed by atoms with Gasteiger partial charge in [0.25, 0.3) is 0 Å². The SMILES string of the molecule is COc1cccc([C@@H](C(=O)NCCC(C)C)N(C(=O)Cn2nnc3ccccc32)c2cccc(OC)c2)c1. The predicted octanol–water partition coefficient (Wildman–Crippen LogP) is 4.39. The Hall–Kier alpha value is -4.40. The van der Waals surface area contributed by atoms with Crippen molar-refractivity contribution in [1.82, 2.24) is 20.3 Å². The summed E-state index contributed by atoms with van der Waals surface area (Å²) in [5.74, 6) is 0.945. The number of carbonyl (C=O) groups excluding carboxylic acids is 2. The zero-order chi connectivity index (χ0) is 27.1. The van der Waals surface area contributed by atoms with Crippen molar-refractivity contribution >= 4 is 28.5 Å². The van der Waals surface area contributed by atoms with Gasteiger partial charge in [0.15, 0.2) is 0 Å². The van der Waals surface area contributed by atoms with Gasteiger partial charge in [0.05, 0.1) is 19.7 Å². The van der Waals surface area contributed by atoms with E-state index in [1.54, 1.807) is 55.3 Å². The minimum Gasteiger partial charge on any atom is -0.497 e. The molecule has 2 amide bonds. The number of rotatable bonds is 11. The fourth-order valence-corrected chi connectivity index (χ4v) is 4.25. The zero-order valence-corrected chi connectivity index (χ0v) is 22.1. The third-order valence-corrected chi connectivity index (χ3v) is 6.24. The largest absolute Gasteiger partial charge is 0.497 e. The average molecular weight is 516 g/mol. The molecule has 4 rings (SSSR count). The average Bonchev–Trinajstić information content (AvgIpc) is 3.33. The van der Waals surface area contributed by atoms with Gasteiger partial charge in [-0.05, 0) is 54.3 Å².